The Morgan fingerprint density at radius 2 is 1.89 bits per heavy atom. The number of carbonyl (C=O) groups is 4. The van der Waals surface area contributed by atoms with E-state index >= 15 is 0 Å². The van der Waals surface area contributed by atoms with Gasteiger partial charge in [-0.1, -0.05) is 11.6 Å². The number of likely N-dealkylation sites (N-methyl/N-ethyl adjacent to an activating group) is 1. The van der Waals surface area contributed by atoms with Gasteiger partial charge in [0.2, 0.25) is 11.8 Å². The number of thiophene rings is 1. The van der Waals surface area contributed by atoms with Gasteiger partial charge in [-0.05, 0) is 68.7 Å². The Bertz CT molecular complexity index is 1570. The first-order valence-electron chi connectivity index (χ1n) is 15.6. The van der Waals surface area contributed by atoms with Crippen molar-refractivity contribution in [1.29, 1.82) is 0 Å². The van der Waals surface area contributed by atoms with Crippen LogP contribution in [0.2, 0.25) is 5.02 Å². The number of esters is 1. The first-order chi connectivity index (χ1) is 21.9. The third kappa shape index (κ3) is 8.11. The molecule has 0 aliphatic carbocycles. The lowest BCUT2D eigenvalue weighted by Crippen LogP contribution is -2.55. The van der Waals surface area contributed by atoms with Gasteiger partial charge in [0, 0.05) is 61.6 Å². The van der Waals surface area contributed by atoms with Crippen molar-refractivity contribution in [3.8, 4) is 0 Å². The van der Waals surface area contributed by atoms with Crippen LogP contribution in [0.3, 0.4) is 0 Å². The maximum atomic E-state index is 13.5. The van der Waals surface area contributed by atoms with Crippen LogP contribution in [0.5, 0.6) is 0 Å². The van der Waals surface area contributed by atoms with Gasteiger partial charge in [0.1, 0.15) is 16.8 Å². The number of fused-ring (bicyclic) bond motifs is 1. The van der Waals surface area contributed by atoms with E-state index in [0.29, 0.717) is 49.4 Å². The minimum atomic E-state index is -3.96. The minimum Gasteiger partial charge on any atom is -0.465 e. The molecule has 0 bridgehead atoms. The average molecular weight is 697 g/mol. The molecule has 3 aliphatic heterocycles. The van der Waals surface area contributed by atoms with Crippen molar-refractivity contribution in [2.24, 2.45) is 0 Å². The number of piperidine rings is 1. The number of halogens is 1. The topological polar surface area (TPSA) is 149 Å². The average Bonchev–Trinajstić information content (AvgIpc) is 3.78. The number of hydrogen-bond donors (Lipinski definition) is 2. The summed E-state index contributed by atoms with van der Waals surface area (Å²) in [7, 11) is -2.25. The Morgan fingerprint density at radius 3 is 2.67 bits per heavy atom. The van der Waals surface area contributed by atoms with E-state index in [-0.39, 0.29) is 47.9 Å². The third-order valence-corrected chi connectivity index (χ3v) is 12.1. The molecule has 0 saturated carbocycles. The number of ether oxygens (including phenoxy) is 1. The molecule has 1 aromatic heterocycles. The molecule has 3 atom stereocenters. The maximum absolute atomic E-state index is 13.5. The smallest absolute Gasteiger partial charge is 0.325 e. The van der Waals surface area contributed by atoms with Crippen LogP contribution in [0.25, 0.3) is 10.1 Å². The number of hydrogen-bond acceptors (Lipinski definition) is 9. The summed E-state index contributed by atoms with van der Waals surface area (Å²) in [5, 5.41) is 3.82. The molecule has 46 heavy (non-hydrogen) atoms. The lowest BCUT2D eigenvalue weighted by molar-refractivity contribution is -0.143. The Hall–Kier alpha value is -2.98. The van der Waals surface area contributed by atoms with Gasteiger partial charge in [-0.3, -0.25) is 19.3 Å². The van der Waals surface area contributed by atoms with E-state index in [2.05, 4.69) is 14.9 Å². The summed E-state index contributed by atoms with van der Waals surface area (Å²) in [4.78, 5) is 58.1. The van der Waals surface area contributed by atoms with Gasteiger partial charge in [-0.25, -0.2) is 13.2 Å². The number of nitrogens with zero attached hydrogens (tertiary/aromatic N) is 4. The molecule has 0 radical (unpaired) electrons. The molecule has 1 unspecified atom stereocenters. The number of rotatable bonds is 11. The van der Waals surface area contributed by atoms with Crippen molar-refractivity contribution in [2.75, 3.05) is 59.5 Å². The predicted octanol–water partition coefficient (Wildman–Crippen LogP) is 2.09. The molecule has 252 valence electrons. The molecule has 13 nitrogen and oxygen atoms in total. The van der Waals surface area contributed by atoms with E-state index < -0.39 is 27.9 Å². The Labute approximate surface area is 278 Å². The standard InChI is InChI=1S/C30H41ClN6O7S2/c1-3-44-27(39)16-32-30(41)34(2)22-10-13-35(17-22)18-23-6-4-12-37(23)26(38)19-36-11-5-7-24(29(36)40)33-46(42,43)28-15-20-14-21(31)8-9-25(20)45-28/h8-9,14-15,22-24,33H,3-7,10-13,16-19H2,1-2H3,(H,32,41)/t22?,23-,24-/m0/s1. The molecule has 5 rings (SSSR count). The van der Waals surface area contributed by atoms with Gasteiger partial charge in [0.25, 0.3) is 10.0 Å². The van der Waals surface area contributed by atoms with E-state index in [1.807, 2.05) is 4.90 Å². The molecule has 1 aromatic carbocycles. The Balaban J connectivity index is 1.12. The van der Waals surface area contributed by atoms with Crippen LogP contribution in [0, 0.1) is 0 Å². The molecular formula is C30H41ClN6O7S2. The van der Waals surface area contributed by atoms with Crippen molar-refractivity contribution in [3.05, 3.63) is 29.3 Å². The minimum absolute atomic E-state index is 0.00939. The summed E-state index contributed by atoms with van der Waals surface area (Å²) in [5.74, 6) is -1.02. The van der Waals surface area contributed by atoms with Crippen molar-refractivity contribution >= 4 is 66.9 Å². The van der Waals surface area contributed by atoms with Crippen molar-refractivity contribution in [3.63, 3.8) is 0 Å². The molecular weight excluding hydrogens is 656 g/mol. The molecule has 0 spiro atoms. The highest BCUT2D eigenvalue weighted by Gasteiger charge is 2.38. The number of carbonyl (C=O) groups excluding carboxylic acids is 4. The van der Waals surface area contributed by atoms with E-state index in [9.17, 15) is 27.6 Å². The molecule has 16 heteroatoms. The van der Waals surface area contributed by atoms with Crippen LogP contribution in [-0.4, -0.2) is 129 Å². The van der Waals surface area contributed by atoms with Crippen LogP contribution in [0.1, 0.15) is 39.0 Å². The molecule has 4 amide bonds. The fourth-order valence-electron chi connectivity index (χ4n) is 6.42. The van der Waals surface area contributed by atoms with Gasteiger partial charge in [0.15, 0.2) is 0 Å². The zero-order valence-electron chi connectivity index (χ0n) is 26.1. The quantitative estimate of drug-likeness (QED) is 0.340. The molecule has 2 aromatic rings. The van der Waals surface area contributed by atoms with E-state index in [4.69, 9.17) is 16.3 Å². The first-order valence-corrected chi connectivity index (χ1v) is 18.3. The Morgan fingerprint density at radius 1 is 1.11 bits per heavy atom. The van der Waals surface area contributed by atoms with Crippen LogP contribution >= 0.6 is 22.9 Å². The van der Waals surface area contributed by atoms with Gasteiger partial charge < -0.3 is 24.8 Å². The zero-order valence-corrected chi connectivity index (χ0v) is 28.5. The number of sulfonamides is 1. The summed E-state index contributed by atoms with van der Waals surface area (Å²) < 4.78 is 34.7. The van der Waals surface area contributed by atoms with Crippen LogP contribution in [-0.2, 0) is 29.1 Å². The Kier molecular flexibility index (Phi) is 11.1. The van der Waals surface area contributed by atoms with Crippen LogP contribution in [0.15, 0.2) is 28.5 Å². The fraction of sp³-hybridized carbons (Fsp3) is 0.600. The molecule has 3 fully saturated rings. The summed E-state index contributed by atoms with van der Waals surface area (Å²) in [6.45, 7) is 4.77. The first kappa shape index (κ1) is 34.4. The predicted molar refractivity (Wildman–Crippen MR) is 174 cm³/mol. The van der Waals surface area contributed by atoms with E-state index in [1.54, 1.807) is 43.1 Å². The van der Waals surface area contributed by atoms with Crippen LogP contribution < -0.4 is 10.0 Å². The highest BCUT2D eigenvalue weighted by atomic mass is 35.5. The number of benzene rings is 1. The zero-order chi connectivity index (χ0) is 33.0. The lowest BCUT2D eigenvalue weighted by atomic mass is 10.1. The second-order valence-electron chi connectivity index (χ2n) is 12.0. The highest BCUT2D eigenvalue weighted by molar-refractivity contribution is 7.91. The van der Waals surface area contributed by atoms with Crippen molar-refractivity contribution in [1.82, 2.24) is 29.6 Å². The van der Waals surface area contributed by atoms with Crippen molar-refractivity contribution < 1.29 is 32.3 Å². The monoisotopic (exact) mass is 696 g/mol. The number of urea groups is 1. The van der Waals surface area contributed by atoms with Crippen molar-refractivity contribution in [2.45, 2.75) is 61.4 Å². The highest BCUT2D eigenvalue weighted by Crippen LogP contribution is 2.31. The maximum Gasteiger partial charge on any atom is 0.325 e. The van der Waals surface area contributed by atoms with Gasteiger partial charge in [-0.2, -0.15) is 4.72 Å². The number of likely N-dealkylation sites (tertiary alicyclic amines) is 3. The number of nitrogens with one attached hydrogen (secondary N) is 2. The van der Waals surface area contributed by atoms with Gasteiger partial charge >= 0.3 is 12.0 Å². The van der Waals surface area contributed by atoms with E-state index in [1.165, 1.54) is 4.90 Å². The molecule has 3 saturated heterocycles. The molecule has 4 heterocycles. The second kappa shape index (κ2) is 14.8. The van der Waals surface area contributed by atoms with Crippen LogP contribution in [0.4, 0.5) is 4.79 Å². The second-order valence-corrected chi connectivity index (χ2v) is 15.4. The van der Waals surface area contributed by atoms with Gasteiger partial charge in [0.05, 0.1) is 13.2 Å². The summed E-state index contributed by atoms with van der Waals surface area (Å²) in [6, 6.07) is 5.41. The SMILES string of the molecule is CCOC(=O)CNC(=O)N(C)C1CCN(C[C@@H]2CCCN2C(=O)CN2CCC[C@H](NS(=O)(=O)c3cc4cc(Cl)ccc4s3)C2=O)C1. The number of amides is 4. The lowest BCUT2D eigenvalue weighted by Gasteiger charge is -2.35. The molecule has 3 aliphatic rings. The molecule has 2 N–H and O–H groups in total. The fourth-order valence-corrected chi connectivity index (χ4v) is 9.22. The van der Waals surface area contributed by atoms with E-state index in [0.717, 1.165) is 41.8 Å². The largest absolute Gasteiger partial charge is 0.465 e. The summed E-state index contributed by atoms with van der Waals surface area (Å²) in [5.41, 5.74) is 0. The van der Waals surface area contributed by atoms with Gasteiger partial charge in [-0.15, -0.1) is 11.3 Å². The third-order valence-electron chi connectivity index (χ3n) is 8.85. The summed E-state index contributed by atoms with van der Waals surface area (Å²) >= 11 is 7.17. The summed E-state index contributed by atoms with van der Waals surface area (Å²) in [6.07, 6.45) is 3.42. The normalized spacial score (nSPS) is 22.4.